The van der Waals surface area contributed by atoms with Crippen LogP contribution in [-0.4, -0.2) is 16.5 Å². The number of Topliss-reactive ketones (excluding diaryl/α,β-unsaturated/α-hetero) is 1. The molecule has 34 heavy (non-hydrogen) atoms. The highest BCUT2D eigenvalue weighted by molar-refractivity contribution is 7.99. The van der Waals surface area contributed by atoms with E-state index in [4.69, 9.17) is 5.73 Å². The van der Waals surface area contributed by atoms with Gasteiger partial charge in [0.1, 0.15) is 5.82 Å². The molecule has 0 spiro atoms. The first-order valence-electron chi connectivity index (χ1n) is 11.2. The molecule has 0 amide bonds. The number of nitriles is 1. The summed E-state index contributed by atoms with van der Waals surface area (Å²) in [6.45, 7) is 2.10. The van der Waals surface area contributed by atoms with Crippen LogP contribution in [0.25, 0.3) is 0 Å². The van der Waals surface area contributed by atoms with Crippen LogP contribution in [-0.2, 0) is 4.79 Å². The maximum Gasteiger partial charge on any atom is 0.162 e. The molecule has 0 unspecified atom stereocenters. The number of hydrogen-bond donors (Lipinski definition) is 1. The number of pyridine rings is 1. The molecule has 1 aliphatic heterocycles. The average molecular weight is 485 g/mol. The lowest BCUT2D eigenvalue weighted by Gasteiger charge is -2.41. The highest BCUT2D eigenvalue weighted by Gasteiger charge is 2.44. The molecule has 5 rings (SSSR count). The number of ketones is 1. The van der Waals surface area contributed by atoms with E-state index in [9.17, 15) is 10.1 Å². The van der Waals surface area contributed by atoms with E-state index >= 15 is 0 Å². The van der Waals surface area contributed by atoms with Gasteiger partial charge in [0.25, 0.3) is 0 Å². The molecule has 3 aromatic rings. The van der Waals surface area contributed by atoms with E-state index in [0.29, 0.717) is 29.8 Å². The Hall–Kier alpha value is -3.34. The molecule has 0 bridgehead atoms. The minimum absolute atomic E-state index is 0.0523. The molecule has 3 heterocycles. The Kier molecular flexibility index (Phi) is 6.27. The zero-order valence-corrected chi connectivity index (χ0v) is 20.4. The van der Waals surface area contributed by atoms with E-state index in [0.717, 1.165) is 32.5 Å². The van der Waals surface area contributed by atoms with Crippen LogP contribution in [0, 0.1) is 11.3 Å². The molecule has 0 radical (unpaired) electrons. The standard InChI is InChI=1S/C27H24N4OS2/c1-2-33-23-10-12-34-26(23)24-20(15-28)27(29)31(19-9-6-11-30-16-19)21-13-18(14-22(32)25(21)24)17-7-4-3-5-8-17/h3-12,16,18,24H,2,13-14,29H2,1H3/t18-,24-/m0/s1. The van der Waals surface area contributed by atoms with Gasteiger partial charge in [0.15, 0.2) is 5.78 Å². The predicted octanol–water partition coefficient (Wildman–Crippen LogP) is 5.95. The van der Waals surface area contributed by atoms with Crippen molar-refractivity contribution in [3.63, 3.8) is 0 Å². The summed E-state index contributed by atoms with van der Waals surface area (Å²) in [5.74, 6) is 0.981. The Morgan fingerprint density at radius 3 is 2.74 bits per heavy atom. The summed E-state index contributed by atoms with van der Waals surface area (Å²) in [5.41, 5.74) is 10.6. The Labute approximate surface area is 207 Å². The topological polar surface area (TPSA) is 83.0 Å². The van der Waals surface area contributed by atoms with Crippen LogP contribution in [0.2, 0.25) is 0 Å². The average Bonchev–Trinajstić information content (AvgIpc) is 3.32. The maximum absolute atomic E-state index is 13.9. The zero-order chi connectivity index (χ0) is 23.7. The highest BCUT2D eigenvalue weighted by Crippen LogP contribution is 2.51. The van der Waals surface area contributed by atoms with Crippen molar-refractivity contribution in [1.29, 1.82) is 5.26 Å². The van der Waals surface area contributed by atoms with Gasteiger partial charge in [-0.2, -0.15) is 5.26 Å². The van der Waals surface area contributed by atoms with E-state index in [2.05, 4.69) is 36.2 Å². The van der Waals surface area contributed by atoms with Gasteiger partial charge in [-0.1, -0.05) is 37.3 Å². The predicted molar refractivity (Wildman–Crippen MR) is 137 cm³/mol. The summed E-state index contributed by atoms with van der Waals surface area (Å²) in [6, 6.07) is 18.4. The van der Waals surface area contributed by atoms with E-state index in [-0.39, 0.29) is 11.7 Å². The van der Waals surface area contributed by atoms with Gasteiger partial charge in [0.2, 0.25) is 0 Å². The molecule has 2 N–H and O–H groups in total. The second-order valence-electron chi connectivity index (χ2n) is 8.27. The molecule has 1 aromatic carbocycles. The SMILES string of the molecule is CCSc1ccsc1[C@H]1C(C#N)=C(N)N(c2cccnc2)C2=C1C(=O)C[C@@H](c1ccccc1)C2. The number of thiophene rings is 1. The van der Waals surface area contributed by atoms with Gasteiger partial charge in [-0.3, -0.25) is 14.7 Å². The van der Waals surface area contributed by atoms with Crippen LogP contribution in [0.15, 0.2) is 93.9 Å². The van der Waals surface area contributed by atoms with Crippen LogP contribution in [0.4, 0.5) is 5.69 Å². The number of nitrogens with two attached hydrogens (primary N) is 1. The molecule has 0 saturated carbocycles. The van der Waals surface area contributed by atoms with Gasteiger partial charge >= 0.3 is 0 Å². The van der Waals surface area contributed by atoms with Gasteiger partial charge in [-0.15, -0.1) is 23.1 Å². The number of anilines is 1. The number of nitrogens with zero attached hydrogens (tertiary/aromatic N) is 3. The van der Waals surface area contributed by atoms with Gasteiger partial charge in [-0.25, -0.2) is 0 Å². The molecule has 2 aromatic heterocycles. The van der Waals surface area contributed by atoms with Gasteiger partial charge in [0.05, 0.1) is 29.4 Å². The highest BCUT2D eigenvalue weighted by atomic mass is 32.2. The summed E-state index contributed by atoms with van der Waals surface area (Å²) in [5, 5.41) is 12.3. The monoisotopic (exact) mass is 484 g/mol. The van der Waals surface area contributed by atoms with Crippen LogP contribution in [0.1, 0.15) is 42.0 Å². The molecule has 2 atom stereocenters. The number of rotatable bonds is 5. The molecule has 5 nitrogen and oxygen atoms in total. The van der Waals surface area contributed by atoms with Gasteiger partial charge in [-0.05, 0) is 47.2 Å². The minimum atomic E-state index is -0.439. The Bertz CT molecular complexity index is 1320. The normalized spacial score (nSPS) is 20.4. The molecular formula is C27H24N4OS2. The third-order valence-corrected chi connectivity index (χ3v) is 8.43. The number of aromatic nitrogens is 1. The number of hydrogen-bond acceptors (Lipinski definition) is 7. The first kappa shape index (κ1) is 22.5. The van der Waals surface area contributed by atoms with Crippen LogP contribution in [0.3, 0.4) is 0 Å². The van der Waals surface area contributed by atoms with Crippen molar-refractivity contribution < 1.29 is 4.79 Å². The second-order valence-corrected chi connectivity index (χ2v) is 10.5. The van der Waals surface area contributed by atoms with Crippen molar-refractivity contribution in [2.45, 2.75) is 36.5 Å². The molecule has 2 aliphatic rings. The fraction of sp³-hybridized carbons (Fsp3) is 0.222. The molecular weight excluding hydrogens is 460 g/mol. The summed E-state index contributed by atoms with van der Waals surface area (Å²) in [7, 11) is 0. The molecule has 0 saturated heterocycles. The Morgan fingerprint density at radius 2 is 2.03 bits per heavy atom. The van der Waals surface area contributed by atoms with Gasteiger partial charge < -0.3 is 5.73 Å². The maximum atomic E-state index is 13.9. The van der Waals surface area contributed by atoms with E-state index in [1.54, 1.807) is 35.5 Å². The number of allylic oxidation sites excluding steroid dienone is 3. The van der Waals surface area contributed by atoms with Crippen molar-refractivity contribution in [2.24, 2.45) is 5.73 Å². The van der Waals surface area contributed by atoms with Crippen molar-refractivity contribution in [3.8, 4) is 6.07 Å². The van der Waals surface area contributed by atoms with Crippen LogP contribution < -0.4 is 10.6 Å². The van der Waals surface area contributed by atoms with E-state index < -0.39 is 5.92 Å². The zero-order valence-electron chi connectivity index (χ0n) is 18.8. The molecule has 7 heteroatoms. The number of benzene rings is 1. The number of carbonyl (C=O) groups is 1. The van der Waals surface area contributed by atoms with E-state index in [1.807, 2.05) is 40.6 Å². The fourth-order valence-corrected chi connectivity index (χ4v) is 6.98. The van der Waals surface area contributed by atoms with Crippen molar-refractivity contribution in [2.75, 3.05) is 10.7 Å². The Morgan fingerprint density at radius 1 is 1.21 bits per heavy atom. The van der Waals surface area contributed by atoms with E-state index in [1.165, 1.54) is 0 Å². The molecule has 170 valence electrons. The van der Waals surface area contributed by atoms with Crippen molar-refractivity contribution in [3.05, 3.63) is 99.4 Å². The second kappa shape index (κ2) is 9.49. The summed E-state index contributed by atoms with van der Waals surface area (Å²) in [4.78, 5) is 22.1. The van der Waals surface area contributed by atoms with Crippen molar-refractivity contribution >= 4 is 34.6 Å². The van der Waals surface area contributed by atoms with Crippen LogP contribution in [0.5, 0.6) is 0 Å². The van der Waals surface area contributed by atoms with Crippen molar-refractivity contribution in [1.82, 2.24) is 4.98 Å². The van der Waals surface area contributed by atoms with Gasteiger partial charge in [0, 0.05) is 33.7 Å². The third-order valence-electron chi connectivity index (χ3n) is 6.36. The lowest BCUT2D eigenvalue weighted by atomic mass is 9.73. The summed E-state index contributed by atoms with van der Waals surface area (Å²) in [6.07, 6.45) is 4.51. The summed E-state index contributed by atoms with van der Waals surface area (Å²) < 4.78 is 0. The van der Waals surface area contributed by atoms with Crippen LogP contribution >= 0.6 is 23.1 Å². The lowest BCUT2D eigenvalue weighted by molar-refractivity contribution is -0.116. The minimum Gasteiger partial charge on any atom is -0.384 e. The molecule has 0 fully saturated rings. The third kappa shape index (κ3) is 3.83. The first-order chi connectivity index (χ1) is 16.6. The Balaban J connectivity index is 1.72. The molecule has 1 aliphatic carbocycles. The first-order valence-corrected chi connectivity index (χ1v) is 13.1. The fourth-order valence-electron chi connectivity index (χ4n) is 4.93. The smallest absolute Gasteiger partial charge is 0.162 e. The quantitative estimate of drug-likeness (QED) is 0.450. The number of carbonyl (C=O) groups excluding carboxylic acids is 1. The summed E-state index contributed by atoms with van der Waals surface area (Å²) >= 11 is 3.32. The number of thioether (sulfide) groups is 1. The lowest BCUT2D eigenvalue weighted by Crippen LogP contribution is -2.40. The largest absolute Gasteiger partial charge is 0.384 e.